The van der Waals surface area contributed by atoms with Crippen LogP contribution in [-0.2, 0) is 0 Å². The molecule has 0 amide bonds. The lowest BCUT2D eigenvalue weighted by molar-refractivity contribution is 0.555. The smallest absolute Gasteiger partial charge is 0.408 e. The highest BCUT2D eigenvalue weighted by Crippen LogP contribution is 2.24. The van der Waals surface area contributed by atoms with Crippen LogP contribution >= 0.6 is 0 Å². The van der Waals surface area contributed by atoms with E-state index in [0.717, 1.165) is 11.1 Å². The SMILES string of the molecule is Cc1ccc(F)c(Nc2ncc(C)c(Nc3ccc4oc(=O)[nH]c4c3)n2)c1. The number of hydrogen-bond donors (Lipinski definition) is 3. The van der Waals surface area contributed by atoms with E-state index in [4.69, 9.17) is 4.42 Å². The van der Waals surface area contributed by atoms with Gasteiger partial charge in [0.25, 0.3) is 0 Å². The third-order valence-electron chi connectivity index (χ3n) is 4.02. The summed E-state index contributed by atoms with van der Waals surface area (Å²) in [5.41, 5.74) is 3.81. The first-order valence-electron chi connectivity index (χ1n) is 8.25. The van der Waals surface area contributed by atoms with Gasteiger partial charge in [-0.05, 0) is 49.7 Å². The molecule has 0 radical (unpaired) electrons. The summed E-state index contributed by atoms with van der Waals surface area (Å²) in [6.45, 7) is 3.74. The van der Waals surface area contributed by atoms with E-state index < -0.39 is 5.76 Å². The van der Waals surface area contributed by atoms with Crippen LogP contribution in [0.25, 0.3) is 11.1 Å². The number of nitrogens with zero attached hydrogens (tertiary/aromatic N) is 2. The molecule has 0 atom stereocenters. The number of halogens is 1. The zero-order chi connectivity index (χ0) is 19.0. The average molecular weight is 365 g/mol. The number of oxazole rings is 1. The zero-order valence-electron chi connectivity index (χ0n) is 14.6. The molecule has 2 aromatic heterocycles. The summed E-state index contributed by atoms with van der Waals surface area (Å²) < 4.78 is 19.0. The third-order valence-corrected chi connectivity index (χ3v) is 4.02. The van der Waals surface area contributed by atoms with Crippen LogP contribution in [0, 0.1) is 19.7 Å². The van der Waals surface area contributed by atoms with Crippen LogP contribution in [0.5, 0.6) is 0 Å². The predicted octanol–water partition coefficient (Wildman–Crippen LogP) is 4.15. The van der Waals surface area contributed by atoms with Crippen LogP contribution in [0.2, 0.25) is 0 Å². The van der Waals surface area contributed by atoms with Gasteiger partial charge in [0.1, 0.15) is 11.6 Å². The molecule has 0 saturated heterocycles. The molecule has 8 heteroatoms. The molecule has 0 aliphatic rings. The van der Waals surface area contributed by atoms with E-state index in [9.17, 15) is 9.18 Å². The summed E-state index contributed by atoms with van der Waals surface area (Å²) in [4.78, 5) is 22.5. The van der Waals surface area contributed by atoms with Gasteiger partial charge in [0, 0.05) is 17.4 Å². The Labute approximate surface area is 153 Å². The second kappa shape index (κ2) is 6.56. The van der Waals surface area contributed by atoms with Crippen LogP contribution in [0.15, 0.2) is 51.8 Å². The van der Waals surface area contributed by atoms with Gasteiger partial charge in [0.2, 0.25) is 5.95 Å². The number of anilines is 4. The summed E-state index contributed by atoms with van der Waals surface area (Å²) in [6, 6.07) is 9.98. The molecule has 0 spiro atoms. The second-order valence-corrected chi connectivity index (χ2v) is 6.18. The molecule has 4 rings (SSSR count). The van der Waals surface area contributed by atoms with Crippen molar-refractivity contribution in [2.45, 2.75) is 13.8 Å². The van der Waals surface area contributed by atoms with Gasteiger partial charge in [-0.3, -0.25) is 4.98 Å². The molecular formula is C19H16FN5O2. The van der Waals surface area contributed by atoms with Crippen molar-refractivity contribution in [1.82, 2.24) is 15.0 Å². The summed E-state index contributed by atoms with van der Waals surface area (Å²) in [7, 11) is 0. The second-order valence-electron chi connectivity index (χ2n) is 6.18. The highest BCUT2D eigenvalue weighted by molar-refractivity contribution is 5.78. The first kappa shape index (κ1) is 16.8. The molecule has 0 aliphatic heterocycles. The van der Waals surface area contributed by atoms with Gasteiger partial charge in [0.05, 0.1) is 11.2 Å². The highest BCUT2D eigenvalue weighted by Gasteiger charge is 2.09. The fourth-order valence-electron chi connectivity index (χ4n) is 2.65. The number of rotatable bonds is 4. The molecule has 0 unspecified atom stereocenters. The first-order chi connectivity index (χ1) is 13.0. The van der Waals surface area contributed by atoms with E-state index in [1.165, 1.54) is 6.07 Å². The van der Waals surface area contributed by atoms with Crippen molar-refractivity contribution < 1.29 is 8.81 Å². The molecule has 0 bridgehead atoms. The predicted molar refractivity (Wildman–Crippen MR) is 101 cm³/mol. The van der Waals surface area contributed by atoms with Crippen LogP contribution < -0.4 is 16.4 Å². The zero-order valence-corrected chi connectivity index (χ0v) is 14.6. The Balaban J connectivity index is 1.63. The highest BCUT2D eigenvalue weighted by atomic mass is 19.1. The Bertz CT molecular complexity index is 1200. The van der Waals surface area contributed by atoms with Crippen molar-refractivity contribution >= 4 is 34.2 Å². The maximum absolute atomic E-state index is 14.0. The minimum absolute atomic E-state index is 0.269. The maximum atomic E-state index is 14.0. The fraction of sp³-hybridized carbons (Fsp3) is 0.105. The van der Waals surface area contributed by atoms with E-state index in [-0.39, 0.29) is 11.8 Å². The minimum Gasteiger partial charge on any atom is -0.408 e. The lowest BCUT2D eigenvalue weighted by Crippen LogP contribution is -2.04. The lowest BCUT2D eigenvalue weighted by Gasteiger charge is -2.11. The standard InChI is InChI=1S/C19H16FN5O2/c1-10-3-5-13(20)14(7-10)23-18-21-9-11(2)17(25-18)22-12-4-6-16-15(8-12)24-19(26)27-16/h3-9H,1-2H3,(H,24,26)(H2,21,22,23,25). The molecule has 0 aliphatic carbocycles. The van der Waals surface area contributed by atoms with Crippen molar-refractivity contribution in [3.63, 3.8) is 0 Å². The maximum Gasteiger partial charge on any atom is 0.417 e. The number of aryl methyl sites for hydroxylation is 2. The van der Waals surface area contributed by atoms with Gasteiger partial charge in [-0.25, -0.2) is 14.2 Å². The minimum atomic E-state index is -0.507. The van der Waals surface area contributed by atoms with Gasteiger partial charge >= 0.3 is 5.76 Å². The van der Waals surface area contributed by atoms with Crippen LogP contribution in [-0.4, -0.2) is 15.0 Å². The third kappa shape index (κ3) is 3.50. The van der Waals surface area contributed by atoms with Crippen LogP contribution in [0.1, 0.15) is 11.1 Å². The van der Waals surface area contributed by atoms with E-state index in [2.05, 4.69) is 25.6 Å². The Morgan fingerprint density at radius 1 is 1.11 bits per heavy atom. The molecule has 2 heterocycles. The van der Waals surface area contributed by atoms with Crippen LogP contribution in [0.4, 0.5) is 27.5 Å². The monoisotopic (exact) mass is 365 g/mol. The summed E-state index contributed by atoms with van der Waals surface area (Å²) in [6.07, 6.45) is 1.64. The fourth-order valence-corrected chi connectivity index (χ4v) is 2.65. The van der Waals surface area contributed by atoms with E-state index in [1.54, 1.807) is 36.5 Å². The molecular weight excluding hydrogens is 349 g/mol. The Kier molecular flexibility index (Phi) is 4.08. The van der Waals surface area contributed by atoms with E-state index in [0.29, 0.717) is 28.3 Å². The summed E-state index contributed by atoms with van der Waals surface area (Å²) >= 11 is 0. The average Bonchev–Trinajstić information content (AvgIpc) is 3.00. The number of H-pyrrole nitrogens is 1. The van der Waals surface area contributed by atoms with Crippen molar-refractivity contribution in [3.8, 4) is 0 Å². The van der Waals surface area contributed by atoms with Crippen molar-refractivity contribution in [2.75, 3.05) is 10.6 Å². The number of benzene rings is 2. The number of fused-ring (bicyclic) bond motifs is 1. The number of nitrogens with one attached hydrogen (secondary N) is 3. The molecule has 3 N–H and O–H groups in total. The number of hydrogen-bond acceptors (Lipinski definition) is 6. The quantitative estimate of drug-likeness (QED) is 0.503. The molecule has 7 nitrogen and oxygen atoms in total. The largest absolute Gasteiger partial charge is 0.417 e. The van der Waals surface area contributed by atoms with Crippen LogP contribution in [0.3, 0.4) is 0 Å². The molecule has 2 aromatic carbocycles. The Hall–Kier alpha value is -3.68. The summed E-state index contributed by atoms with van der Waals surface area (Å²) in [5.74, 6) is -0.0585. The number of aromatic nitrogens is 3. The Morgan fingerprint density at radius 3 is 2.81 bits per heavy atom. The first-order valence-corrected chi connectivity index (χ1v) is 8.25. The molecule has 0 fully saturated rings. The van der Waals surface area contributed by atoms with Gasteiger partial charge in [0.15, 0.2) is 5.58 Å². The topological polar surface area (TPSA) is 95.8 Å². The summed E-state index contributed by atoms with van der Waals surface area (Å²) in [5, 5.41) is 6.08. The van der Waals surface area contributed by atoms with E-state index in [1.807, 2.05) is 13.8 Å². The van der Waals surface area contributed by atoms with Crippen molar-refractivity contribution in [1.29, 1.82) is 0 Å². The normalized spacial score (nSPS) is 10.9. The van der Waals surface area contributed by atoms with Gasteiger partial charge in [-0.1, -0.05) is 6.07 Å². The van der Waals surface area contributed by atoms with Crippen molar-refractivity contribution in [2.24, 2.45) is 0 Å². The number of aromatic amines is 1. The molecule has 0 saturated carbocycles. The van der Waals surface area contributed by atoms with E-state index >= 15 is 0 Å². The lowest BCUT2D eigenvalue weighted by atomic mass is 10.2. The molecule has 136 valence electrons. The van der Waals surface area contributed by atoms with Gasteiger partial charge in [-0.15, -0.1) is 0 Å². The Morgan fingerprint density at radius 2 is 1.96 bits per heavy atom. The van der Waals surface area contributed by atoms with Gasteiger partial charge in [-0.2, -0.15) is 4.98 Å². The van der Waals surface area contributed by atoms with Gasteiger partial charge < -0.3 is 15.1 Å². The molecule has 27 heavy (non-hydrogen) atoms. The molecule has 4 aromatic rings. The van der Waals surface area contributed by atoms with Crippen molar-refractivity contribution in [3.05, 3.63) is 70.1 Å².